The molecule has 0 spiro atoms. The van der Waals surface area contributed by atoms with Crippen molar-refractivity contribution >= 4 is 44.8 Å². The number of hydrogen-bond acceptors (Lipinski definition) is 3. The first-order chi connectivity index (χ1) is 8.97. The maximum Gasteiger partial charge on any atom is 0.243 e. The molecular formula is C11H11Cl3N2O2S. The van der Waals surface area contributed by atoms with E-state index in [4.69, 9.17) is 40.1 Å². The van der Waals surface area contributed by atoms with Gasteiger partial charge in [-0.05, 0) is 18.2 Å². The molecule has 19 heavy (non-hydrogen) atoms. The number of rotatable bonds is 6. The van der Waals surface area contributed by atoms with Crippen LogP contribution in [0.4, 0.5) is 0 Å². The van der Waals surface area contributed by atoms with Crippen LogP contribution in [0, 0.1) is 11.3 Å². The summed E-state index contributed by atoms with van der Waals surface area (Å²) in [5, 5.41) is 8.86. The lowest BCUT2D eigenvalue weighted by atomic mass is 10.2. The summed E-state index contributed by atoms with van der Waals surface area (Å²) < 4.78 is 25.8. The van der Waals surface area contributed by atoms with Crippen molar-refractivity contribution in [2.45, 2.75) is 4.90 Å². The van der Waals surface area contributed by atoms with Crippen molar-refractivity contribution in [3.63, 3.8) is 0 Å². The number of benzene rings is 1. The lowest BCUT2D eigenvalue weighted by Gasteiger charge is -2.20. The molecule has 104 valence electrons. The zero-order valence-corrected chi connectivity index (χ0v) is 12.9. The Kier molecular flexibility index (Phi) is 6.37. The molecule has 0 aliphatic heterocycles. The molecule has 0 atom stereocenters. The molecular weight excluding hydrogens is 331 g/mol. The Morgan fingerprint density at radius 1 is 1.21 bits per heavy atom. The fraction of sp³-hybridized carbons (Fsp3) is 0.364. The van der Waals surface area contributed by atoms with Crippen LogP contribution in [0.25, 0.3) is 0 Å². The highest BCUT2D eigenvalue weighted by molar-refractivity contribution is 7.89. The van der Waals surface area contributed by atoms with E-state index in [1.165, 1.54) is 22.5 Å². The Bertz CT molecular complexity index is 578. The molecule has 0 aliphatic carbocycles. The van der Waals surface area contributed by atoms with Crippen LogP contribution in [0.2, 0.25) is 5.02 Å². The minimum atomic E-state index is -3.70. The van der Waals surface area contributed by atoms with Crippen LogP contribution in [0.3, 0.4) is 0 Å². The molecule has 0 bridgehead atoms. The normalized spacial score (nSPS) is 11.5. The highest BCUT2D eigenvalue weighted by Gasteiger charge is 2.24. The van der Waals surface area contributed by atoms with Gasteiger partial charge in [0, 0.05) is 24.8 Å². The lowest BCUT2D eigenvalue weighted by Crippen LogP contribution is -2.34. The standard InChI is InChI=1S/C11H11Cl3N2O2S/c12-3-5-16(6-4-13)19(17,18)10-2-1-9(8-15)11(14)7-10/h1-2,7H,3-6H2. The summed E-state index contributed by atoms with van der Waals surface area (Å²) >= 11 is 17.0. The molecule has 0 saturated heterocycles. The fourth-order valence-corrected chi connectivity index (χ4v) is 3.80. The van der Waals surface area contributed by atoms with Gasteiger partial charge in [0.25, 0.3) is 0 Å². The average Bonchev–Trinajstić information content (AvgIpc) is 2.38. The van der Waals surface area contributed by atoms with Crippen LogP contribution >= 0.6 is 34.8 Å². The molecule has 0 saturated carbocycles. The number of nitriles is 1. The zero-order chi connectivity index (χ0) is 14.5. The number of hydrogen-bond donors (Lipinski definition) is 0. The number of nitrogens with zero attached hydrogens (tertiary/aromatic N) is 2. The predicted molar refractivity (Wildman–Crippen MR) is 76.4 cm³/mol. The molecule has 0 amide bonds. The van der Waals surface area contributed by atoms with Gasteiger partial charge >= 0.3 is 0 Å². The van der Waals surface area contributed by atoms with Gasteiger partial charge in [-0.25, -0.2) is 8.42 Å². The minimum Gasteiger partial charge on any atom is -0.207 e. The second-order valence-corrected chi connectivity index (χ2v) is 6.64. The highest BCUT2D eigenvalue weighted by Crippen LogP contribution is 2.23. The van der Waals surface area contributed by atoms with Crippen molar-refractivity contribution in [3.8, 4) is 6.07 Å². The molecule has 0 radical (unpaired) electrons. The molecule has 0 unspecified atom stereocenters. The summed E-state index contributed by atoms with van der Waals surface area (Å²) in [5.41, 5.74) is 0.224. The SMILES string of the molecule is N#Cc1ccc(S(=O)(=O)N(CCCl)CCCl)cc1Cl. The smallest absolute Gasteiger partial charge is 0.207 e. The Morgan fingerprint density at radius 3 is 2.21 bits per heavy atom. The summed E-state index contributed by atoms with van der Waals surface area (Å²) in [6.07, 6.45) is 0. The van der Waals surface area contributed by atoms with Gasteiger partial charge in [0.15, 0.2) is 0 Å². The van der Waals surface area contributed by atoms with E-state index in [1.807, 2.05) is 6.07 Å². The predicted octanol–water partition coefficient (Wildman–Crippen LogP) is 2.68. The molecule has 1 aromatic carbocycles. The van der Waals surface area contributed by atoms with Crippen LogP contribution in [-0.4, -0.2) is 37.6 Å². The van der Waals surface area contributed by atoms with Crippen molar-refractivity contribution in [1.82, 2.24) is 4.31 Å². The Morgan fingerprint density at radius 2 is 1.79 bits per heavy atom. The third-order valence-corrected chi connectivity index (χ3v) is 4.91. The van der Waals surface area contributed by atoms with E-state index >= 15 is 0 Å². The fourth-order valence-electron chi connectivity index (χ4n) is 1.44. The number of halogens is 3. The second-order valence-electron chi connectivity index (χ2n) is 3.54. The third-order valence-electron chi connectivity index (χ3n) is 2.37. The van der Waals surface area contributed by atoms with Crippen molar-refractivity contribution < 1.29 is 8.42 Å². The number of sulfonamides is 1. The first-order valence-corrected chi connectivity index (χ1v) is 8.17. The quantitative estimate of drug-likeness (QED) is 0.747. The highest BCUT2D eigenvalue weighted by atomic mass is 35.5. The van der Waals surface area contributed by atoms with E-state index in [2.05, 4.69) is 0 Å². The van der Waals surface area contributed by atoms with Crippen molar-refractivity contribution in [2.75, 3.05) is 24.8 Å². The van der Waals surface area contributed by atoms with Crippen molar-refractivity contribution in [1.29, 1.82) is 5.26 Å². The van der Waals surface area contributed by atoms with E-state index in [1.54, 1.807) is 0 Å². The van der Waals surface area contributed by atoms with E-state index in [9.17, 15) is 8.42 Å². The lowest BCUT2D eigenvalue weighted by molar-refractivity contribution is 0.448. The topological polar surface area (TPSA) is 61.2 Å². The van der Waals surface area contributed by atoms with E-state index < -0.39 is 10.0 Å². The maximum absolute atomic E-state index is 12.3. The summed E-state index contributed by atoms with van der Waals surface area (Å²) in [6, 6.07) is 5.84. The van der Waals surface area contributed by atoms with Crippen LogP contribution in [-0.2, 0) is 10.0 Å². The number of alkyl halides is 2. The van der Waals surface area contributed by atoms with Crippen LogP contribution < -0.4 is 0 Å². The van der Waals surface area contributed by atoms with Crippen molar-refractivity contribution in [3.05, 3.63) is 28.8 Å². The van der Waals surface area contributed by atoms with E-state index in [0.29, 0.717) is 0 Å². The van der Waals surface area contributed by atoms with Crippen molar-refractivity contribution in [2.24, 2.45) is 0 Å². The molecule has 1 rings (SSSR count). The molecule has 8 heteroatoms. The first kappa shape index (κ1) is 16.5. The van der Waals surface area contributed by atoms with Gasteiger partial charge in [0.05, 0.1) is 15.5 Å². The molecule has 1 aromatic rings. The van der Waals surface area contributed by atoms with Crippen LogP contribution in [0.1, 0.15) is 5.56 Å². The van der Waals surface area contributed by atoms with E-state index in [-0.39, 0.29) is 40.3 Å². The molecule has 0 aromatic heterocycles. The molecule has 0 N–H and O–H groups in total. The second kappa shape index (κ2) is 7.32. The summed E-state index contributed by atoms with van der Waals surface area (Å²) in [6.45, 7) is 0.322. The van der Waals surface area contributed by atoms with Gasteiger partial charge in [0.1, 0.15) is 6.07 Å². The van der Waals surface area contributed by atoms with E-state index in [0.717, 1.165) is 0 Å². The Balaban J connectivity index is 3.18. The summed E-state index contributed by atoms with van der Waals surface area (Å²) in [4.78, 5) is 0.0201. The Hall–Kier alpha value is -0.510. The zero-order valence-electron chi connectivity index (χ0n) is 9.81. The minimum absolute atomic E-state index is 0.0201. The average molecular weight is 342 g/mol. The molecule has 0 aliphatic rings. The molecule has 0 fully saturated rings. The largest absolute Gasteiger partial charge is 0.243 e. The van der Waals surface area contributed by atoms with Gasteiger partial charge in [-0.3, -0.25) is 0 Å². The Labute approximate surface area is 127 Å². The van der Waals surface area contributed by atoms with Gasteiger partial charge in [-0.2, -0.15) is 9.57 Å². The van der Waals surface area contributed by atoms with Gasteiger partial charge in [0.2, 0.25) is 10.0 Å². The van der Waals surface area contributed by atoms with Gasteiger partial charge in [-0.1, -0.05) is 11.6 Å². The monoisotopic (exact) mass is 340 g/mol. The maximum atomic E-state index is 12.3. The van der Waals surface area contributed by atoms with Gasteiger partial charge in [-0.15, -0.1) is 23.2 Å². The van der Waals surface area contributed by atoms with Crippen LogP contribution in [0.15, 0.2) is 23.1 Å². The summed E-state index contributed by atoms with van der Waals surface area (Å²) in [7, 11) is -3.70. The van der Waals surface area contributed by atoms with Crippen LogP contribution in [0.5, 0.6) is 0 Å². The van der Waals surface area contributed by atoms with Gasteiger partial charge < -0.3 is 0 Å². The third kappa shape index (κ3) is 3.98. The summed E-state index contributed by atoms with van der Waals surface area (Å²) in [5.74, 6) is 0.334. The molecule has 0 heterocycles. The first-order valence-electron chi connectivity index (χ1n) is 5.29. The molecule has 4 nitrogen and oxygen atoms in total.